The van der Waals surface area contributed by atoms with Gasteiger partial charge in [-0.1, -0.05) is 30.3 Å². The number of nitrogens with one attached hydrogen (secondary N) is 1. The average molecular weight is 391 g/mol. The lowest BCUT2D eigenvalue weighted by Crippen LogP contribution is -2.22. The summed E-state index contributed by atoms with van der Waals surface area (Å²) in [5, 5.41) is 5.26. The Morgan fingerprint density at radius 3 is 2.57 bits per heavy atom. The molecule has 0 saturated heterocycles. The third kappa shape index (κ3) is 4.72. The summed E-state index contributed by atoms with van der Waals surface area (Å²) in [4.78, 5) is 30.4. The highest BCUT2D eigenvalue weighted by Gasteiger charge is 2.17. The molecule has 2 aromatic carbocycles. The van der Waals surface area contributed by atoms with Gasteiger partial charge in [0.1, 0.15) is 0 Å². The van der Waals surface area contributed by atoms with E-state index in [1.54, 1.807) is 11.0 Å². The molecule has 28 heavy (non-hydrogen) atoms. The Morgan fingerprint density at radius 2 is 1.86 bits per heavy atom. The van der Waals surface area contributed by atoms with E-state index in [0.29, 0.717) is 10.8 Å². The van der Waals surface area contributed by atoms with Crippen molar-refractivity contribution in [1.29, 1.82) is 0 Å². The Kier molecular flexibility index (Phi) is 6.01. The Bertz CT molecular complexity index is 1030. The predicted molar refractivity (Wildman–Crippen MR) is 115 cm³/mol. The highest BCUT2D eigenvalue weighted by atomic mass is 32.1. The van der Waals surface area contributed by atoms with Crippen LogP contribution < -0.4 is 10.2 Å². The van der Waals surface area contributed by atoms with E-state index < -0.39 is 0 Å². The minimum Gasteiger partial charge on any atom is -0.322 e. The SMILES string of the molecule is CC(=O)N(c1ccccc1)c1nc(/C=C/C(=O)Nc2cc(C)ccc2C)cs1. The van der Waals surface area contributed by atoms with Crippen LogP contribution in [0.4, 0.5) is 16.5 Å². The zero-order valence-corrected chi connectivity index (χ0v) is 16.8. The molecule has 0 aliphatic rings. The number of nitrogens with zero attached hydrogens (tertiary/aromatic N) is 2. The molecule has 0 spiro atoms. The maximum absolute atomic E-state index is 12.2. The van der Waals surface area contributed by atoms with Crippen molar-refractivity contribution in [3.63, 3.8) is 0 Å². The molecule has 0 fully saturated rings. The summed E-state index contributed by atoms with van der Waals surface area (Å²) < 4.78 is 0. The minimum absolute atomic E-state index is 0.122. The van der Waals surface area contributed by atoms with Gasteiger partial charge in [0.25, 0.3) is 0 Å². The summed E-state index contributed by atoms with van der Waals surface area (Å²) in [6.45, 7) is 5.43. The third-order valence-electron chi connectivity index (χ3n) is 4.09. The van der Waals surface area contributed by atoms with Crippen molar-refractivity contribution < 1.29 is 9.59 Å². The van der Waals surface area contributed by atoms with Crippen LogP contribution in [-0.4, -0.2) is 16.8 Å². The first-order chi connectivity index (χ1) is 13.4. The highest BCUT2D eigenvalue weighted by Crippen LogP contribution is 2.29. The maximum Gasteiger partial charge on any atom is 0.248 e. The first-order valence-electron chi connectivity index (χ1n) is 8.81. The molecule has 0 bridgehead atoms. The number of carbonyl (C=O) groups excluding carboxylic acids is 2. The van der Waals surface area contributed by atoms with Gasteiger partial charge in [-0.05, 0) is 49.2 Å². The molecule has 0 aliphatic heterocycles. The average Bonchev–Trinajstić information content (AvgIpc) is 3.12. The van der Waals surface area contributed by atoms with Crippen LogP contribution in [0.3, 0.4) is 0 Å². The molecule has 2 amide bonds. The van der Waals surface area contributed by atoms with Crippen molar-refractivity contribution in [3.8, 4) is 0 Å². The van der Waals surface area contributed by atoms with Gasteiger partial charge in [-0.3, -0.25) is 14.5 Å². The molecule has 0 atom stereocenters. The number of para-hydroxylation sites is 1. The molecule has 5 nitrogen and oxygen atoms in total. The molecule has 6 heteroatoms. The van der Waals surface area contributed by atoms with Crippen molar-refractivity contribution >= 4 is 45.7 Å². The smallest absolute Gasteiger partial charge is 0.248 e. The Hall–Kier alpha value is -3.25. The Labute approximate surface area is 168 Å². The molecule has 0 radical (unpaired) electrons. The molecule has 3 aromatic rings. The molecular weight excluding hydrogens is 370 g/mol. The van der Waals surface area contributed by atoms with Gasteiger partial charge < -0.3 is 5.32 Å². The lowest BCUT2D eigenvalue weighted by atomic mass is 10.1. The van der Waals surface area contributed by atoms with Crippen molar-refractivity contribution in [1.82, 2.24) is 4.98 Å². The second-order valence-electron chi connectivity index (χ2n) is 6.39. The summed E-state index contributed by atoms with van der Waals surface area (Å²) >= 11 is 1.35. The number of thiazole rings is 1. The van der Waals surface area contributed by atoms with Gasteiger partial charge in [-0.15, -0.1) is 11.3 Å². The number of benzene rings is 2. The summed E-state index contributed by atoms with van der Waals surface area (Å²) in [7, 11) is 0. The van der Waals surface area contributed by atoms with Crippen molar-refractivity contribution in [2.24, 2.45) is 0 Å². The van der Waals surface area contributed by atoms with Gasteiger partial charge >= 0.3 is 0 Å². The lowest BCUT2D eigenvalue weighted by molar-refractivity contribution is -0.116. The normalized spacial score (nSPS) is 10.8. The van der Waals surface area contributed by atoms with Gasteiger partial charge in [-0.2, -0.15) is 0 Å². The number of aryl methyl sites for hydroxylation is 2. The number of aromatic nitrogens is 1. The number of hydrogen-bond acceptors (Lipinski definition) is 4. The van der Waals surface area contributed by atoms with Gasteiger partial charge in [0.2, 0.25) is 11.8 Å². The van der Waals surface area contributed by atoms with Gasteiger partial charge in [0, 0.05) is 24.1 Å². The molecule has 1 heterocycles. The van der Waals surface area contributed by atoms with E-state index in [4.69, 9.17) is 0 Å². The zero-order chi connectivity index (χ0) is 20.1. The van der Waals surface area contributed by atoms with Gasteiger partial charge in [0.15, 0.2) is 5.13 Å². The van der Waals surface area contributed by atoms with Crippen LogP contribution in [0.1, 0.15) is 23.7 Å². The number of amides is 2. The fraction of sp³-hybridized carbons (Fsp3) is 0.136. The standard InChI is InChI=1S/C22H21N3O2S/c1-15-9-10-16(2)20(13-15)24-21(27)12-11-18-14-28-22(23-18)25(17(3)26)19-7-5-4-6-8-19/h4-14H,1-3H3,(H,24,27)/b12-11+. The number of carbonyl (C=O) groups is 2. The van der Waals surface area contributed by atoms with E-state index in [1.165, 1.54) is 24.3 Å². The summed E-state index contributed by atoms with van der Waals surface area (Å²) in [6.07, 6.45) is 3.09. The monoisotopic (exact) mass is 391 g/mol. The van der Waals surface area contributed by atoms with E-state index in [9.17, 15) is 9.59 Å². The van der Waals surface area contributed by atoms with Crippen molar-refractivity contribution in [2.45, 2.75) is 20.8 Å². The summed E-state index contributed by atoms with van der Waals surface area (Å²) in [5.74, 6) is -0.349. The maximum atomic E-state index is 12.2. The fourth-order valence-electron chi connectivity index (χ4n) is 2.67. The molecule has 0 saturated carbocycles. The highest BCUT2D eigenvalue weighted by molar-refractivity contribution is 7.14. The molecular formula is C22H21N3O2S. The topological polar surface area (TPSA) is 62.3 Å². The lowest BCUT2D eigenvalue weighted by Gasteiger charge is -2.17. The van der Waals surface area contributed by atoms with E-state index in [-0.39, 0.29) is 11.8 Å². The fourth-order valence-corrected chi connectivity index (χ4v) is 3.52. The van der Waals surface area contributed by atoms with Crippen LogP contribution in [0.2, 0.25) is 0 Å². The molecule has 0 unspecified atom stereocenters. The number of rotatable bonds is 5. The van der Waals surface area contributed by atoms with Crippen LogP contribution in [0, 0.1) is 13.8 Å². The third-order valence-corrected chi connectivity index (χ3v) is 4.93. The number of anilines is 3. The van der Waals surface area contributed by atoms with E-state index in [0.717, 1.165) is 22.5 Å². The van der Waals surface area contributed by atoms with Crippen LogP contribution in [0.5, 0.6) is 0 Å². The number of hydrogen-bond donors (Lipinski definition) is 1. The first kappa shape index (κ1) is 19.5. The molecule has 3 rings (SSSR count). The van der Waals surface area contributed by atoms with Gasteiger partial charge in [0.05, 0.1) is 11.4 Å². The van der Waals surface area contributed by atoms with Crippen LogP contribution >= 0.6 is 11.3 Å². The minimum atomic E-state index is -0.227. The summed E-state index contributed by atoms with van der Waals surface area (Å²) in [6, 6.07) is 15.3. The molecule has 142 valence electrons. The molecule has 0 aliphatic carbocycles. The molecule has 1 N–H and O–H groups in total. The van der Waals surface area contributed by atoms with Crippen LogP contribution in [0.15, 0.2) is 60.0 Å². The largest absolute Gasteiger partial charge is 0.322 e. The zero-order valence-electron chi connectivity index (χ0n) is 16.0. The predicted octanol–water partition coefficient (Wildman–Crippen LogP) is 5.10. The second kappa shape index (κ2) is 8.63. The first-order valence-corrected chi connectivity index (χ1v) is 9.69. The Morgan fingerprint density at radius 1 is 1.11 bits per heavy atom. The molecule has 1 aromatic heterocycles. The Balaban J connectivity index is 1.73. The van der Waals surface area contributed by atoms with E-state index in [2.05, 4.69) is 10.3 Å². The van der Waals surface area contributed by atoms with E-state index in [1.807, 2.05) is 67.8 Å². The van der Waals surface area contributed by atoms with Crippen molar-refractivity contribution in [2.75, 3.05) is 10.2 Å². The van der Waals surface area contributed by atoms with E-state index >= 15 is 0 Å². The van der Waals surface area contributed by atoms with Crippen LogP contribution in [0.25, 0.3) is 6.08 Å². The second-order valence-corrected chi connectivity index (χ2v) is 7.22. The van der Waals surface area contributed by atoms with Crippen molar-refractivity contribution in [3.05, 3.63) is 76.8 Å². The van der Waals surface area contributed by atoms with Gasteiger partial charge in [-0.25, -0.2) is 4.98 Å². The quantitative estimate of drug-likeness (QED) is 0.616. The summed E-state index contributed by atoms with van der Waals surface area (Å²) in [5.41, 5.74) is 4.26. The van der Waals surface area contributed by atoms with Crippen LogP contribution in [-0.2, 0) is 9.59 Å².